The van der Waals surface area contributed by atoms with Crippen LogP contribution in [0.25, 0.3) is 0 Å². The molecule has 0 radical (unpaired) electrons. The molecule has 0 fully saturated rings. The molecule has 2 atom stereocenters. The van der Waals surface area contributed by atoms with Gasteiger partial charge in [0.25, 0.3) is 0 Å². The van der Waals surface area contributed by atoms with E-state index < -0.39 is 0 Å². The number of nitriles is 2. The molecule has 0 aliphatic carbocycles. The predicted molar refractivity (Wildman–Crippen MR) is 46.2 cm³/mol. The Hall–Kier alpha value is -1.10. The summed E-state index contributed by atoms with van der Waals surface area (Å²) < 4.78 is 0. The van der Waals surface area contributed by atoms with Crippen LogP contribution < -0.4 is 0 Å². The van der Waals surface area contributed by atoms with Crippen molar-refractivity contribution in [3.63, 3.8) is 0 Å². The maximum atomic E-state index is 8.78. The lowest BCUT2D eigenvalue weighted by Gasteiger charge is -2.26. The molecule has 2 unspecified atom stereocenters. The minimum absolute atomic E-state index is 0.370. The van der Waals surface area contributed by atoms with Crippen LogP contribution in [0.5, 0.6) is 0 Å². The largest absolute Gasteiger partial charge is 0.292 e. The molecule has 0 saturated heterocycles. The molecule has 4 nitrogen and oxygen atoms in total. The third kappa shape index (κ3) is 2.50. The van der Waals surface area contributed by atoms with Crippen molar-refractivity contribution in [3.05, 3.63) is 0 Å². The second-order valence-corrected chi connectivity index (χ2v) is 3.08. The van der Waals surface area contributed by atoms with Crippen molar-refractivity contribution in [3.8, 4) is 12.1 Å². The van der Waals surface area contributed by atoms with Crippen LogP contribution >= 0.6 is 0 Å². The summed E-state index contributed by atoms with van der Waals surface area (Å²) in [7, 11) is 7.17. The van der Waals surface area contributed by atoms with Gasteiger partial charge in [-0.05, 0) is 28.2 Å². The van der Waals surface area contributed by atoms with Crippen LogP contribution in [0.15, 0.2) is 0 Å². The smallest absolute Gasteiger partial charge is 0.126 e. The van der Waals surface area contributed by atoms with Crippen LogP contribution in [0, 0.1) is 22.7 Å². The normalized spacial score (nSPS) is 15.3. The molecule has 0 heterocycles. The van der Waals surface area contributed by atoms with Gasteiger partial charge in [-0.15, -0.1) is 0 Å². The Balaban J connectivity index is 4.51. The maximum Gasteiger partial charge on any atom is 0.126 e. The first-order valence-corrected chi connectivity index (χ1v) is 3.66. The average Bonchev–Trinajstić information content (AvgIpc) is 1.98. The van der Waals surface area contributed by atoms with Crippen molar-refractivity contribution >= 4 is 0 Å². The van der Waals surface area contributed by atoms with Gasteiger partial charge in [-0.25, -0.2) is 0 Å². The summed E-state index contributed by atoms with van der Waals surface area (Å²) in [6.07, 6.45) is 0. The highest BCUT2D eigenvalue weighted by Crippen LogP contribution is 2.03. The number of likely N-dealkylation sites (N-methyl/N-ethyl adjacent to an activating group) is 2. The van der Waals surface area contributed by atoms with Crippen molar-refractivity contribution in [2.75, 3.05) is 28.2 Å². The zero-order chi connectivity index (χ0) is 9.72. The van der Waals surface area contributed by atoms with Crippen LogP contribution in [-0.2, 0) is 0 Å². The summed E-state index contributed by atoms with van der Waals surface area (Å²) in [5, 5.41) is 17.6. The van der Waals surface area contributed by atoms with Gasteiger partial charge in [0, 0.05) is 0 Å². The fraction of sp³-hybridized carbons (Fsp3) is 0.750. The molecule has 66 valence electrons. The molecule has 0 N–H and O–H groups in total. The Morgan fingerprint density at radius 3 is 1.17 bits per heavy atom. The van der Waals surface area contributed by atoms with Crippen LogP contribution in [0.3, 0.4) is 0 Å². The van der Waals surface area contributed by atoms with Crippen LogP contribution in [0.2, 0.25) is 0 Å². The lowest BCUT2D eigenvalue weighted by Crippen LogP contribution is -2.45. The zero-order valence-electron chi connectivity index (χ0n) is 7.94. The average molecular weight is 166 g/mol. The van der Waals surface area contributed by atoms with E-state index in [0.29, 0.717) is 0 Å². The molecule has 4 heteroatoms. The van der Waals surface area contributed by atoms with E-state index in [0.717, 1.165) is 0 Å². The summed E-state index contributed by atoms with van der Waals surface area (Å²) in [6, 6.07) is 3.45. The van der Waals surface area contributed by atoms with E-state index in [1.54, 1.807) is 38.0 Å². The van der Waals surface area contributed by atoms with E-state index in [1.165, 1.54) is 0 Å². The molecule has 0 bridgehead atoms. The fourth-order valence-corrected chi connectivity index (χ4v) is 0.937. The van der Waals surface area contributed by atoms with Crippen LogP contribution in [0.1, 0.15) is 0 Å². The summed E-state index contributed by atoms with van der Waals surface area (Å²) >= 11 is 0. The SMILES string of the molecule is CN(C)C(C#N)C(C#N)N(C)C. The molecule has 0 amide bonds. The molecule has 0 rings (SSSR count). The Labute approximate surface area is 73.6 Å². The van der Waals surface area contributed by atoms with Gasteiger partial charge in [-0.1, -0.05) is 0 Å². The van der Waals surface area contributed by atoms with Gasteiger partial charge < -0.3 is 0 Å². The standard InChI is InChI=1S/C8H14N4/c1-11(2)7(5-9)8(6-10)12(3)4/h7-8H,1-4H3. The molecule has 0 aromatic rings. The molecule has 0 aliphatic rings. The second kappa shape index (κ2) is 4.71. The highest BCUT2D eigenvalue weighted by molar-refractivity contribution is 5.08. The molecule has 12 heavy (non-hydrogen) atoms. The first-order chi connectivity index (χ1) is 5.54. The van der Waals surface area contributed by atoms with E-state index in [9.17, 15) is 0 Å². The zero-order valence-corrected chi connectivity index (χ0v) is 7.94. The van der Waals surface area contributed by atoms with Gasteiger partial charge in [-0.3, -0.25) is 9.80 Å². The monoisotopic (exact) mass is 166 g/mol. The van der Waals surface area contributed by atoms with Gasteiger partial charge in [0.2, 0.25) is 0 Å². The van der Waals surface area contributed by atoms with Gasteiger partial charge in [-0.2, -0.15) is 10.5 Å². The summed E-state index contributed by atoms with van der Waals surface area (Å²) in [5.74, 6) is 0. The minimum atomic E-state index is -0.370. The van der Waals surface area contributed by atoms with Crippen LogP contribution in [0.4, 0.5) is 0 Å². The highest BCUT2D eigenvalue weighted by atomic mass is 15.2. The van der Waals surface area contributed by atoms with Crippen LogP contribution in [-0.4, -0.2) is 50.1 Å². The van der Waals surface area contributed by atoms with Crippen molar-refractivity contribution in [1.82, 2.24) is 9.80 Å². The van der Waals surface area contributed by atoms with E-state index >= 15 is 0 Å². The third-order valence-electron chi connectivity index (χ3n) is 1.68. The Morgan fingerprint density at radius 1 is 0.833 bits per heavy atom. The topological polar surface area (TPSA) is 54.1 Å². The second-order valence-electron chi connectivity index (χ2n) is 3.08. The summed E-state index contributed by atoms with van der Waals surface area (Å²) in [6.45, 7) is 0. The van der Waals surface area contributed by atoms with Crippen molar-refractivity contribution < 1.29 is 0 Å². The van der Waals surface area contributed by atoms with Gasteiger partial charge in [0.1, 0.15) is 12.1 Å². The first-order valence-electron chi connectivity index (χ1n) is 3.66. The van der Waals surface area contributed by atoms with Crippen molar-refractivity contribution in [2.45, 2.75) is 12.1 Å². The van der Waals surface area contributed by atoms with Gasteiger partial charge >= 0.3 is 0 Å². The highest BCUT2D eigenvalue weighted by Gasteiger charge is 2.24. The number of nitrogens with zero attached hydrogens (tertiary/aromatic N) is 4. The molecule has 0 aromatic heterocycles. The Bertz CT molecular complexity index is 184. The van der Waals surface area contributed by atoms with Crippen molar-refractivity contribution in [2.24, 2.45) is 0 Å². The Morgan fingerprint density at radius 2 is 1.08 bits per heavy atom. The lowest BCUT2D eigenvalue weighted by molar-refractivity contribution is 0.226. The molecular weight excluding hydrogens is 152 g/mol. The van der Waals surface area contributed by atoms with E-state index in [-0.39, 0.29) is 12.1 Å². The van der Waals surface area contributed by atoms with Crippen molar-refractivity contribution in [1.29, 1.82) is 10.5 Å². The van der Waals surface area contributed by atoms with Gasteiger partial charge in [0.05, 0.1) is 12.1 Å². The first kappa shape index (κ1) is 10.9. The number of hydrogen-bond donors (Lipinski definition) is 0. The predicted octanol–water partition coefficient (Wildman–Crippen LogP) is -0.106. The molecule has 0 saturated carbocycles. The summed E-state index contributed by atoms with van der Waals surface area (Å²) in [5.41, 5.74) is 0. The molecular formula is C8H14N4. The molecule has 0 aliphatic heterocycles. The lowest BCUT2D eigenvalue weighted by atomic mass is 10.1. The quantitative estimate of drug-likeness (QED) is 0.587. The molecule has 0 spiro atoms. The van der Waals surface area contributed by atoms with E-state index in [4.69, 9.17) is 10.5 Å². The summed E-state index contributed by atoms with van der Waals surface area (Å²) in [4.78, 5) is 3.49. The van der Waals surface area contributed by atoms with E-state index in [2.05, 4.69) is 12.1 Å². The fourth-order valence-electron chi connectivity index (χ4n) is 0.937. The number of rotatable bonds is 3. The third-order valence-corrected chi connectivity index (χ3v) is 1.68. The van der Waals surface area contributed by atoms with E-state index in [1.807, 2.05) is 0 Å². The maximum absolute atomic E-state index is 8.78. The Kier molecular flexibility index (Phi) is 4.28. The minimum Gasteiger partial charge on any atom is -0.292 e. The number of hydrogen-bond acceptors (Lipinski definition) is 4. The van der Waals surface area contributed by atoms with Gasteiger partial charge in [0.15, 0.2) is 0 Å². The molecule has 0 aromatic carbocycles.